The van der Waals surface area contributed by atoms with Crippen LogP contribution in [0.3, 0.4) is 0 Å². The van der Waals surface area contributed by atoms with Crippen LogP contribution in [-0.4, -0.2) is 71.2 Å². The Morgan fingerprint density at radius 3 is 2.21 bits per heavy atom. The predicted molar refractivity (Wildman–Crippen MR) is 146 cm³/mol. The van der Waals surface area contributed by atoms with E-state index in [1.807, 2.05) is 48.5 Å². The number of pyridine rings is 1. The van der Waals surface area contributed by atoms with Gasteiger partial charge in [0.15, 0.2) is 0 Å². The molecular formula is C32H31F2N3O2. The van der Waals surface area contributed by atoms with Crippen molar-refractivity contribution in [3.63, 3.8) is 0 Å². The summed E-state index contributed by atoms with van der Waals surface area (Å²) in [5.41, 5.74) is 3.92. The molecule has 0 bridgehead atoms. The number of β-amino-alcohol motifs (C(OH)–C–C–N with tert-alkyl or cyclic N) is 1. The monoisotopic (exact) mass is 529 g/mol. The first-order valence-electron chi connectivity index (χ1n) is 14.5. The minimum atomic E-state index is -2.72. The van der Waals surface area contributed by atoms with Crippen LogP contribution in [0.25, 0.3) is 10.9 Å². The molecule has 0 amide bonds. The molecule has 2 aliphatic carbocycles. The molecule has 4 atom stereocenters. The van der Waals surface area contributed by atoms with Gasteiger partial charge in [-0.15, -0.1) is 0 Å². The minimum absolute atomic E-state index is 0.0216. The molecule has 1 saturated heterocycles. The van der Waals surface area contributed by atoms with Crippen molar-refractivity contribution in [2.75, 3.05) is 39.3 Å². The summed E-state index contributed by atoms with van der Waals surface area (Å²) >= 11 is 0. The average molecular weight is 530 g/mol. The van der Waals surface area contributed by atoms with E-state index in [1.54, 1.807) is 18.3 Å². The fourth-order valence-corrected chi connectivity index (χ4v) is 6.55. The Morgan fingerprint density at radius 1 is 0.897 bits per heavy atom. The molecule has 7 heteroatoms. The molecule has 3 aromatic carbocycles. The van der Waals surface area contributed by atoms with Gasteiger partial charge < -0.3 is 9.84 Å². The number of hydrogen-bond acceptors (Lipinski definition) is 5. The van der Waals surface area contributed by atoms with Crippen molar-refractivity contribution in [2.24, 2.45) is 0 Å². The Kier molecular flexibility index (Phi) is 5.56. The van der Waals surface area contributed by atoms with Crippen LogP contribution in [-0.2, 0) is 0 Å². The first kappa shape index (κ1) is 22.4. The van der Waals surface area contributed by atoms with Gasteiger partial charge >= 0.3 is 0 Å². The van der Waals surface area contributed by atoms with Gasteiger partial charge in [-0.05, 0) is 46.5 Å². The predicted octanol–water partition coefficient (Wildman–Crippen LogP) is 5.21. The lowest BCUT2D eigenvalue weighted by Gasteiger charge is -2.41. The molecule has 1 N–H and O–H groups in total. The molecule has 1 unspecified atom stereocenters. The quantitative estimate of drug-likeness (QED) is 0.372. The van der Waals surface area contributed by atoms with Crippen LogP contribution >= 0.6 is 0 Å². The summed E-state index contributed by atoms with van der Waals surface area (Å²) in [5, 5.41) is 11.4. The number of aromatic nitrogens is 1. The van der Waals surface area contributed by atoms with Crippen LogP contribution in [0.15, 0.2) is 85.0 Å². The van der Waals surface area contributed by atoms with Gasteiger partial charge in [0.25, 0.3) is 5.92 Å². The third kappa shape index (κ3) is 4.29. The highest BCUT2D eigenvalue weighted by Crippen LogP contribution is 2.70. The minimum Gasteiger partial charge on any atom is -0.490 e. The van der Waals surface area contributed by atoms with Crippen molar-refractivity contribution in [1.82, 2.24) is 14.8 Å². The van der Waals surface area contributed by atoms with E-state index >= 15 is 0 Å². The number of nitrogens with zero attached hydrogens (tertiary/aromatic N) is 3. The van der Waals surface area contributed by atoms with Crippen LogP contribution in [0.2, 0.25) is 0 Å². The molecule has 1 aromatic heterocycles. The smallest absolute Gasteiger partial charge is 0.263 e. The normalized spacial score (nSPS) is 25.5. The molecule has 0 spiro atoms. The van der Waals surface area contributed by atoms with Gasteiger partial charge in [-0.25, -0.2) is 8.78 Å². The van der Waals surface area contributed by atoms with Gasteiger partial charge in [0.1, 0.15) is 18.5 Å². The van der Waals surface area contributed by atoms with E-state index in [1.165, 1.54) is 6.07 Å². The number of benzene rings is 3. The standard InChI is InChI=1S/C32H31F2N3O2/c33-32(34)29-22-7-1-3-9-24(22)31(25-10-4-2-8-23(25)30(29)32)37-17-15-36(16-18-37)19-21(38)20-39-28-13-5-12-27-26(28)11-6-14-35-27/h1-14,21,29-31,38H,15-20H2/t21-,29-,30+,31?/m1/s1/i12D,13D. The zero-order valence-corrected chi connectivity index (χ0v) is 21.4. The van der Waals surface area contributed by atoms with Crippen molar-refractivity contribution in [2.45, 2.75) is 29.9 Å². The van der Waals surface area contributed by atoms with Crippen molar-refractivity contribution >= 4 is 10.9 Å². The Labute approximate surface area is 229 Å². The van der Waals surface area contributed by atoms with E-state index in [9.17, 15) is 13.9 Å². The number of hydrogen-bond donors (Lipinski definition) is 1. The fraction of sp³-hybridized carbons (Fsp3) is 0.344. The molecule has 200 valence electrons. The lowest BCUT2D eigenvalue weighted by atomic mass is 9.90. The van der Waals surface area contributed by atoms with E-state index < -0.39 is 23.9 Å². The SMILES string of the molecule is [2H]c1cc([2H])c2ncccc2c1OC[C@H](O)CN1CCN(C2c3ccccc3[C@@H]3[C@H](c4ccccc42)C3(F)F)CC1. The maximum atomic E-state index is 15.0. The summed E-state index contributed by atoms with van der Waals surface area (Å²) in [6.45, 7) is 3.38. The maximum Gasteiger partial charge on any atom is 0.263 e. The zero-order chi connectivity index (χ0) is 28.3. The Morgan fingerprint density at radius 2 is 1.54 bits per heavy atom. The lowest BCUT2D eigenvalue weighted by Crippen LogP contribution is -2.50. The molecular weight excluding hydrogens is 496 g/mol. The molecule has 5 nitrogen and oxygen atoms in total. The van der Waals surface area contributed by atoms with Crippen LogP contribution in [0.1, 0.15) is 42.9 Å². The second-order valence-electron chi connectivity index (χ2n) is 10.8. The molecule has 3 aliphatic rings. The average Bonchev–Trinajstić information content (AvgIpc) is 3.59. The van der Waals surface area contributed by atoms with E-state index in [2.05, 4.69) is 14.8 Å². The number of aliphatic hydroxyl groups excluding tert-OH is 1. The molecule has 7 rings (SSSR count). The van der Waals surface area contributed by atoms with E-state index in [0.717, 1.165) is 48.4 Å². The second-order valence-corrected chi connectivity index (χ2v) is 10.8. The molecule has 2 heterocycles. The van der Waals surface area contributed by atoms with Gasteiger partial charge in [-0.3, -0.25) is 14.8 Å². The van der Waals surface area contributed by atoms with Crippen molar-refractivity contribution in [1.29, 1.82) is 0 Å². The third-order valence-electron chi connectivity index (χ3n) is 8.43. The number of aliphatic hydroxyl groups is 1. The number of piperazine rings is 1. The first-order valence-corrected chi connectivity index (χ1v) is 13.5. The van der Waals surface area contributed by atoms with Gasteiger partial charge in [-0.2, -0.15) is 0 Å². The van der Waals surface area contributed by atoms with E-state index in [0.29, 0.717) is 23.2 Å². The van der Waals surface area contributed by atoms with E-state index in [-0.39, 0.29) is 24.7 Å². The van der Waals surface area contributed by atoms with Gasteiger partial charge in [0.05, 0.1) is 26.1 Å². The molecule has 39 heavy (non-hydrogen) atoms. The second kappa shape index (κ2) is 9.66. The molecule has 1 saturated carbocycles. The highest BCUT2D eigenvalue weighted by molar-refractivity contribution is 5.84. The summed E-state index contributed by atoms with van der Waals surface area (Å²) in [6, 6.07) is 20.5. The summed E-state index contributed by atoms with van der Waals surface area (Å²) in [6.07, 6.45) is 0.837. The van der Waals surface area contributed by atoms with Gasteiger partial charge in [0, 0.05) is 44.3 Å². The Balaban J connectivity index is 1.04. The lowest BCUT2D eigenvalue weighted by molar-refractivity contribution is 0.0400. The number of fused-ring (bicyclic) bond motifs is 6. The van der Waals surface area contributed by atoms with Crippen LogP contribution < -0.4 is 4.74 Å². The summed E-state index contributed by atoms with van der Waals surface area (Å²) in [7, 11) is 0. The van der Waals surface area contributed by atoms with E-state index in [4.69, 9.17) is 7.48 Å². The van der Waals surface area contributed by atoms with Crippen LogP contribution in [0.5, 0.6) is 5.75 Å². The third-order valence-corrected chi connectivity index (χ3v) is 8.43. The Bertz CT molecular complexity index is 1560. The van der Waals surface area contributed by atoms with Crippen molar-refractivity contribution in [3.05, 3.63) is 107 Å². The maximum absolute atomic E-state index is 15.0. The Hall–Kier alpha value is -3.39. The zero-order valence-electron chi connectivity index (χ0n) is 23.4. The summed E-state index contributed by atoms with van der Waals surface area (Å²) in [4.78, 5) is 8.81. The molecule has 0 radical (unpaired) electrons. The highest BCUT2D eigenvalue weighted by atomic mass is 19.3. The van der Waals surface area contributed by atoms with Crippen molar-refractivity contribution < 1.29 is 21.4 Å². The molecule has 4 aromatic rings. The van der Waals surface area contributed by atoms with Gasteiger partial charge in [-0.1, -0.05) is 54.6 Å². The topological polar surface area (TPSA) is 48.8 Å². The van der Waals surface area contributed by atoms with Crippen LogP contribution in [0.4, 0.5) is 8.78 Å². The number of alkyl halides is 2. The number of halogens is 2. The van der Waals surface area contributed by atoms with Crippen LogP contribution in [0, 0.1) is 0 Å². The molecule has 1 aliphatic heterocycles. The number of ether oxygens (including phenoxy) is 1. The summed E-state index contributed by atoms with van der Waals surface area (Å²) < 4.78 is 52.2. The summed E-state index contributed by atoms with van der Waals surface area (Å²) in [5.74, 6) is -3.94. The fourth-order valence-electron chi connectivity index (χ4n) is 6.55. The van der Waals surface area contributed by atoms with Gasteiger partial charge in [0.2, 0.25) is 0 Å². The molecule has 2 fully saturated rings. The first-order chi connectivity index (χ1) is 19.8. The largest absolute Gasteiger partial charge is 0.490 e. The number of rotatable bonds is 6. The van der Waals surface area contributed by atoms with Crippen molar-refractivity contribution in [3.8, 4) is 5.75 Å². The highest BCUT2D eigenvalue weighted by Gasteiger charge is 2.71.